The van der Waals surface area contributed by atoms with Crippen LogP contribution in [0.25, 0.3) is 0 Å². The molecule has 0 radical (unpaired) electrons. The summed E-state index contributed by atoms with van der Waals surface area (Å²) in [5.41, 5.74) is 0.877. The molecule has 0 aromatic rings. The van der Waals surface area contributed by atoms with Crippen molar-refractivity contribution in [3.05, 3.63) is 23.8 Å². The first-order valence-corrected chi connectivity index (χ1v) is 3.72. The van der Waals surface area contributed by atoms with Crippen molar-refractivity contribution in [1.82, 2.24) is 0 Å². The van der Waals surface area contributed by atoms with Crippen LogP contribution in [-0.4, -0.2) is 11.1 Å². The van der Waals surface area contributed by atoms with Crippen molar-refractivity contribution < 1.29 is 9.90 Å². The molecule has 62 valence electrons. The summed E-state index contributed by atoms with van der Waals surface area (Å²) in [7, 11) is 0. The first-order chi connectivity index (χ1) is 5.16. The summed E-state index contributed by atoms with van der Waals surface area (Å²) in [5, 5.41) is 8.34. The zero-order chi connectivity index (χ0) is 8.69. The molecule has 1 N–H and O–H groups in total. The Hall–Kier alpha value is -1.05. The Morgan fingerprint density at radius 2 is 2.09 bits per heavy atom. The van der Waals surface area contributed by atoms with Crippen LogP contribution < -0.4 is 0 Å². The fraction of sp³-hybridized carbons (Fsp3) is 0.444. The fourth-order valence-electron chi connectivity index (χ4n) is 0.706. The molecule has 0 spiro atoms. The average Bonchev–Trinajstić information content (AvgIpc) is 1.86. The van der Waals surface area contributed by atoms with Crippen molar-refractivity contribution in [2.45, 2.75) is 26.7 Å². The number of allylic oxidation sites excluding steroid dienone is 3. The number of rotatable bonds is 4. The molecule has 11 heavy (non-hydrogen) atoms. The SMILES string of the molecule is CCC=CCC(C)=CC(=O)O. The van der Waals surface area contributed by atoms with Gasteiger partial charge >= 0.3 is 5.97 Å². The normalized spacial score (nSPS) is 12.4. The van der Waals surface area contributed by atoms with E-state index in [-0.39, 0.29) is 0 Å². The van der Waals surface area contributed by atoms with Gasteiger partial charge in [-0.25, -0.2) is 4.79 Å². The maximum absolute atomic E-state index is 10.1. The van der Waals surface area contributed by atoms with Crippen molar-refractivity contribution >= 4 is 5.97 Å². The Kier molecular flexibility index (Phi) is 5.17. The molecule has 0 aliphatic rings. The van der Waals surface area contributed by atoms with Gasteiger partial charge in [0.15, 0.2) is 0 Å². The predicted molar refractivity (Wildman–Crippen MR) is 45.4 cm³/mol. The highest BCUT2D eigenvalue weighted by molar-refractivity contribution is 5.80. The summed E-state index contributed by atoms with van der Waals surface area (Å²) in [5.74, 6) is -0.868. The van der Waals surface area contributed by atoms with Crippen molar-refractivity contribution in [2.24, 2.45) is 0 Å². The highest BCUT2D eigenvalue weighted by Gasteiger charge is 1.90. The lowest BCUT2D eigenvalue weighted by Crippen LogP contribution is -1.88. The van der Waals surface area contributed by atoms with Crippen molar-refractivity contribution in [3.63, 3.8) is 0 Å². The van der Waals surface area contributed by atoms with Gasteiger partial charge in [-0.1, -0.05) is 24.6 Å². The van der Waals surface area contributed by atoms with E-state index in [0.717, 1.165) is 18.4 Å². The van der Waals surface area contributed by atoms with Crippen LogP contribution in [0, 0.1) is 0 Å². The highest BCUT2D eigenvalue weighted by Crippen LogP contribution is 2.00. The van der Waals surface area contributed by atoms with Crippen LogP contribution in [0.1, 0.15) is 26.7 Å². The fourth-order valence-corrected chi connectivity index (χ4v) is 0.706. The third kappa shape index (κ3) is 6.84. The number of hydrogen-bond donors (Lipinski definition) is 1. The van der Waals surface area contributed by atoms with Crippen LogP contribution in [0.2, 0.25) is 0 Å². The Morgan fingerprint density at radius 1 is 1.45 bits per heavy atom. The molecule has 0 aliphatic carbocycles. The van der Waals surface area contributed by atoms with Gasteiger partial charge in [0.2, 0.25) is 0 Å². The van der Waals surface area contributed by atoms with E-state index in [9.17, 15) is 4.79 Å². The molecule has 2 nitrogen and oxygen atoms in total. The second-order valence-corrected chi connectivity index (χ2v) is 2.41. The Morgan fingerprint density at radius 3 is 2.55 bits per heavy atom. The third-order valence-electron chi connectivity index (χ3n) is 1.21. The molecule has 0 rings (SSSR count). The number of hydrogen-bond acceptors (Lipinski definition) is 1. The lowest BCUT2D eigenvalue weighted by Gasteiger charge is -1.91. The van der Waals surface area contributed by atoms with Gasteiger partial charge in [0.05, 0.1) is 0 Å². The largest absolute Gasteiger partial charge is 0.478 e. The van der Waals surface area contributed by atoms with Crippen LogP contribution in [0.3, 0.4) is 0 Å². The smallest absolute Gasteiger partial charge is 0.328 e. The molecule has 0 amide bonds. The number of carboxylic acid groups (broad SMARTS) is 1. The monoisotopic (exact) mass is 154 g/mol. The van der Waals surface area contributed by atoms with Crippen molar-refractivity contribution in [1.29, 1.82) is 0 Å². The minimum Gasteiger partial charge on any atom is -0.478 e. The molecule has 0 fully saturated rings. The van der Waals surface area contributed by atoms with Gasteiger partial charge < -0.3 is 5.11 Å². The van der Waals surface area contributed by atoms with E-state index in [1.807, 2.05) is 26.0 Å². The van der Waals surface area contributed by atoms with E-state index in [0.29, 0.717) is 0 Å². The summed E-state index contributed by atoms with van der Waals surface area (Å²) in [6, 6.07) is 0. The van der Waals surface area contributed by atoms with Crippen molar-refractivity contribution in [3.8, 4) is 0 Å². The van der Waals surface area contributed by atoms with Crippen LogP contribution in [0.15, 0.2) is 23.8 Å². The Balaban J connectivity index is 3.77. The van der Waals surface area contributed by atoms with Gasteiger partial charge in [0, 0.05) is 6.08 Å². The summed E-state index contributed by atoms with van der Waals surface area (Å²) in [6.45, 7) is 3.86. The average molecular weight is 154 g/mol. The maximum Gasteiger partial charge on any atom is 0.328 e. The van der Waals surface area contributed by atoms with Gasteiger partial charge in [-0.2, -0.15) is 0 Å². The van der Waals surface area contributed by atoms with Crippen LogP contribution in [0.4, 0.5) is 0 Å². The quantitative estimate of drug-likeness (QED) is 0.498. The molecule has 0 unspecified atom stereocenters. The molecular weight excluding hydrogens is 140 g/mol. The van der Waals surface area contributed by atoms with E-state index < -0.39 is 5.97 Å². The van der Waals surface area contributed by atoms with Gasteiger partial charge in [0.1, 0.15) is 0 Å². The minimum atomic E-state index is -0.868. The van der Waals surface area contributed by atoms with Crippen LogP contribution in [0.5, 0.6) is 0 Å². The predicted octanol–water partition coefficient (Wildman–Crippen LogP) is 2.37. The lowest BCUT2D eigenvalue weighted by molar-refractivity contribution is -0.131. The zero-order valence-electron chi connectivity index (χ0n) is 7.00. The molecule has 0 aliphatic heterocycles. The number of carbonyl (C=O) groups is 1. The first kappa shape index (κ1) is 9.95. The number of carboxylic acids is 1. The molecule has 0 aromatic carbocycles. The van der Waals surface area contributed by atoms with E-state index in [2.05, 4.69) is 0 Å². The van der Waals surface area contributed by atoms with Gasteiger partial charge in [-0.15, -0.1) is 0 Å². The van der Waals surface area contributed by atoms with Crippen LogP contribution >= 0.6 is 0 Å². The maximum atomic E-state index is 10.1. The summed E-state index contributed by atoms with van der Waals surface area (Å²) >= 11 is 0. The minimum absolute atomic E-state index is 0.736. The van der Waals surface area contributed by atoms with E-state index >= 15 is 0 Å². The molecule has 2 heteroatoms. The Labute approximate surface area is 67.2 Å². The highest BCUT2D eigenvalue weighted by atomic mass is 16.4. The third-order valence-corrected chi connectivity index (χ3v) is 1.21. The molecule has 0 heterocycles. The molecule has 0 saturated carbocycles. The standard InChI is InChI=1S/C9H14O2/c1-3-4-5-6-8(2)7-9(10)11/h4-5,7H,3,6H2,1-2H3,(H,10,11). The number of aliphatic carboxylic acids is 1. The summed E-state index contributed by atoms with van der Waals surface area (Å²) in [4.78, 5) is 10.1. The topological polar surface area (TPSA) is 37.3 Å². The van der Waals surface area contributed by atoms with E-state index in [1.54, 1.807) is 0 Å². The Bertz CT molecular complexity index is 178. The molecule has 0 atom stereocenters. The molecule has 0 saturated heterocycles. The first-order valence-electron chi connectivity index (χ1n) is 3.72. The zero-order valence-corrected chi connectivity index (χ0v) is 7.00. The summed E-state index contributed by atoms with van der Waals surface area (Å²) in [6.07, 6.45) is 6.98. The van der Waals surface area contributed by atoms with Crippen molar-refractivity contribution in [2.75, 3.05) is 0 Å². The van der Waals surface area contributed by atoms with Gasteiger partial charge in [0.25, 0.3) is 0 Å². The molecular formula is C9H14O2. The van der Waals surface area contributed by atoms with Crippen LogP contribution in [-0.2, 0) is 4.79 Å². The molecule has 0 bridgehead atoms. The van der Waals surface area contributed by atoms with Gasteiger partial charge in [-0.3, -0.25) is 0 Å². The lowest BCUT2D eigenvalue weighted by atomic mass is 10.2. The van der Waals surface area contributed by atoms with Gasteiger partial charge in [-0.05, 0) is 19.8 Å². The molecule has 0 aromatic heterocycles. The van der Waals surface area contributed by atoms with E-state index in [4.69, 9.17) is 5.11 Å². The van der Waals surface area contributed by atoms with E-state index in [1.165, 1.54) is 6.08 Å². The summed E-state index contributed by atoms with van der Waals surface area (Å²) < 4.78 is 0. The second kappa shape index (κ2) is 5.71. The second-order valence-electron chi connectivity index (χ2n) is 2.41.